The lowest BCUT2D eigenvalue weighted by Gasteiger charge is -2.20. The second-order valence-electron chi connectivity index (χ2n) is 18.0. The first kappa shape index (κ1) is 45.5. The number of aromatic nitrogens is 12. The number of nitrogens with zero attached hydrogens (tertiary/aromatic N) is 11. The van der Waals surface area contributed by atoms with Crippen molar-refractivity contribution in [2.24, 2.45) is 0 Å². The highest BCUT2D eigenvalue weighted by Gasteiger charge is 2.22. The predicted molar refractivity (Wildman–Crippen MR) is 279 cm³/mol. The minimum Gasteiger partial charge on any atom is -0.506 e. The molecule has 0 fully saturated rings. The Morgan fingerprint density at radius 1 is 0.541 bits per heavy atom. The molecule has 74 heavy (non-hydrogen) atoms. The maximum Gasteiger partial charge on any atom is 0.134 e. The normalized spacial score (nSPS) is 11.7. The summed E-state index contributed by atoms with van der Waals surface area (Å²) in [7, 11) is 5.76. The van der Waals surface area contributed by atoms with E-state index in [1.807, 2.05) is 79.6 Å². The molecule has 17 nitrogen and oxygen atoms in total. The van der Waals surface area contributed by atoms with Crippen LogP contribution in [0.2, 0.25) is 0 Å². The molecule has 0 unspecified atom stereocenters. The lowest BCUT2D eigenvalue weighted by Crippen LogP contribution is -2.35. The zero-order valence-electron chi connectivity index (χ0n) is 40.0. The first-order chi connectivity index (χ1) is 36.1. The largest absolute Gasteiger partial charge is 0.506 e. The van der Waals surface area contributed by atoms with Crippen molar-refractivity contribution in [1.82, 2.24) is 64.9 Å². The van der Waals surface area contributed by atoms with Crippen LogP contribution in [-0.4, -0.2) is 117 Å². The third-order valence-electron chi connectivity index (χ3n) is 12.7. The Bertz CT molecular complexity index is 4060. The van der Waals surface area contributed by atoms with Crippen molar-refractivity contribution in [3.8, 4) is 85.1 Å². The van der Waals surface area contributed by atoms with Gasteiger partial charge in [-0.1, -0.05) is 0 Å². The molecule has 4 N–H and O–H groups in total. The molecule has 0 atom stereocenters. The molecule has 19 heteroatoms. The molecule has 12 aromatic rings. The molecule has 0 spiro atoms. The summed E-state index contributed by atoms with van der Waals surface area (Å²) >= 11 is 0. The number of H-pyrrole nitrogens is 3. The highest BCUT2D eigenvalue weighted by atomic mass is 19.1. The first-order valence-corrected chi connectivity index (χ1v) is 23.6. The van der Waals surface area contributed by atoms with Gasteiger partial charge < -0.3 is 29.4 Å². The molecule has 0 aliphatic rings. The second kappa shape index (κ2) is 18.9. The molecule has 0 saturated heterocycles. The number of fused-ring (bicyclic) bond motifs is 4. The van der Waals surface area contributed by atoms with E-state index in [1.54, 1.807) is 66.4 Å². The summed E-state index contributed by atoms with van der Waals surface area (Å²) in [6.45, 7) is 1.54. The third kappa shape index (κ3) is 8.80. The number of rotatable bonds is 15. The van der Waals surface area contributed by atoms with Crippen LogP contribution in [0.1, 0.15) is 0 Å². The maximum atomic E-state index is 15.5. The number of hydrogen-bond acceptors (Lipinski definition) is 13. The van der Waals surface area contributed by atoms with Crippen LogP contribution in [0.4, 0.5) is 8.78 Å². The van der Waals surface area contributed by atoms with Crippen LogP contribution in [-0.2, 0) is 0 Å². The Morgan fingerprint density at radius 2 is 1.15 bits per heavy atom. The molecule has 2 aromatic carbocycles. The fraction of sp³-hybridized carbons (Fsp3) is 0.127. The van der Waals surface area contributed by atoms with Gasteiger partial charge in [-0.2, -0.15) is 9.89 Å². The molecule has 0 amide bonds. The Morgan fingerprint density at radius 3 is 1.81 bits per heavy atom. The number of aromatic hydroxyl groups is 1. The summed E-state index contributed by atoms with van der Waals surface area (Å²) in [6, 6.07) is 26.1. The topological polar surface area (TPSA) is 201 Å². The standard InChI is InChI=1S/C55H44F2N14O3/c1-69(2)12-14-73-38-19-32(16-35(56)21-38)53-41-25-49(65-45(41)7-11-61-53)55-43-26-47(34-18-37(72)28-59-27-34)63-30-51(43)71(68-55)70(3)13-15-74-39-20-33(17-36(57)22-39)52-40-24-48(64-44(40)6-10-60-52)54-42-23-46(31-4-8-58-9-5-31)62-29-50(42)66-67-54/h4-11,16-30,64-65,72H,12-15H2,1-3H3,(H,66,67). The van der Waals surface area contributed by atoms with Crippen LogP contribution >= 0.6 is 0 Å². The number of benzene rings is 2. The second-order valence-corrected chi connectivity index (χ2v) is 18.0. The number of nitrogens with one attached hydrogen (secondary N) is 3. The van der Waals surface area contributed by atoms with Crippen LogP contribution < -0.4 is 14.5 Å². The number of pyridine rings is 6. The summed E-state index contributed by atoms with van der Waals surface area (Å²) in [5.41, 5.74) is 10.9. The molecule has 10 heterocycles. The van der Waals surface area contributed by atoms with E-state index in [0.29, 0.717) is 87.6 Å². The van der Waals surface area contributed by atoms with Crippen molar-refractivity contribution in [2.75, 3.05) is 52.5 Å². The van der Waals surface area contributed by atoms with Gasteiger partial charge in [0.15, 0.2) is 0 Å². The van der Waals surface area contributed by atoms with Gasteiger partial charge in [0.25, 0.3) is 0 Å². The van der Waals surface area contributed by atoms with Crippen molar-refractivity contribution < 1.29 is 23.4 Å². The van der Waals surface area contributed by atoms with Gasteiger partial charge >= 0.3 is 0 Å². The van der Waals surface area contributed by atoms with Gasteiger partial charge in [-0.05, 0) is 93.0 Å². The van der Waals surface area contributed by atoms with E-state index in [2.05, 4.69) is 40.1 Å². The van der Waals surface area contributed by atoms with Gasteiger partial charge in [0.2, 0.25) is 0 Å². The monoisotopic (exact) mass is 986 g/mol. The minimum absolute atomic E-state index is 0.00487. The molecule has 0 saturated carbocycles. The molecule has 366 valence electrons. The Labute approximate surface area is 420 Å². The van der Waals surface area contributed by atoms with Gasteiger partial charge in [0.1, 0.15) is 59.0 Å². The summed E-state index contributed by atoms with van der Waals surface area (Å²) in [6.07, 6.45) is 13.3. The van der Waals surface area contributed by atoms with Crippen LogP contribution in [0, 0.1) is 11.6 Å². The summed E-state index contributed by atoms with van der Waals surface area (Å²) in [5.74, 6) is -0.190. The number of aromatic amines is 3. The van der Waals surface area contributed by atoms with Crippen LogP contribution in [0.15, 0.2) is 141 Å². The third-order valence-corrected chi connectivity index (χ3v) is 12.7. The van der Waals surface area contributed by atoms with Crippen LogP contribution in [0.3, 0.4) is 0 Å². The number of hydrogen-bond donors (Lipinski definition) is 4. The van der Waals surface area contributed by atoms with E-state index in [-0.39, 0.29) is 12.4 Å². The van der Waals surface area contributed by atoms with Crippen molar-refractivity contribution in [3.05, 3.63) is 152 Å². The molecule has 0 aliphatic carbocycles. The average molecular weight is 987 g/mol. The van der Waals surface area contributed by atoms with Crippen LogP contribution in [0.5, 0.6) is 17.2 Å². The van der Waals surface area contributed by atoms with E-state index in [9.17, 15) is 5.11 Å². The zero-order valence-corrected chi connectivity index (χ0v) is 40.0. The molecular formula is C55H44F2N14O3. The smallest absolute Gasteiger partial charge is 0.134 e. The molecule has 0 radical (unpaired) electrons. The van der Waals surface area contributed by atoms with Crippen molar-refractivity contribution >= 4 is 43.6 Å². The fourth-order valence-electron chi connectivity index (χ4n) is 9.11. The van der Waals surface area contributed by atoms with Gasteiger partial charge in [0.05, 0.1) is 64.8 Å². The highest BCUT2D eigenvalue weighted by Crippen LogP contribution is 2.38. The maximum absolute atomic E-state index is 15.5. The molecule has 0 aliphatic heterocycles. The average Bonchev–Trinajstić information content (AvgIpc) is 4.22. The van der Waals surface area contributed by atoms with E-state index in [4.69, 9.17) is 24.5 Å². The van der Waals surface area contributed by atoms with E-state index in [1.165, 1.54) is 30.5 Å². The summed E-state index contributed by atoms with van der Waals surface area (Å²) in [4.78, 5) is 37.8. The number of likely N-dealkylation sites (N-methyl/N-ethyl adjacent to an activating group) is 2. The lowest BCUT2D eigenvalue weighted by atomic mass is 10.1. The van der Waals surface area contributed by atoms with Gasteiger partial charge in [-0.3, -0.25) is 40.0 Å². The number of halogens is 2. The van der Waals surface area contributed by atoms with E-state index < -0.39 is 11.6 Å². The van der Waals surface area contributed by atoms with Gasteiger partial charge in [-0.15, -0.1) is 5.10 Å². The Hall–Kier alpha value is -9.62. The van der Waals surface area contributed by atoms with Crippen molar-refractivity contribution in [2.45, 2.75) is 0 Å². The highest BCUT2D eigenvalue weighted by molar-refractivity contribution is 6.02. The van der Waals surface area contributed by atoms with Crippen LogP contribution in [0.25, 0.3) is 111 Å². The number of ether oxygens (including phenoxy) is 2. The zero-order chi connectivity index (χ0) is 50.5. The first-order valence-electron chi connectivity index (χ1n) is 23.6. The Kier molecular flexibility index (Phi) is 11.6. The lowest BCUT2D eigenvalue weighted by molar-refractivity contribution is 0.260. The summed E-state index contributed by atoms with van der Waals surface area (Å²) in [5, 5.41) is 28.2. The minimum atomic E-state index is -0.482. The van der Waals surface area contributed by atoms with E-state index in [0.717, 1.165) is 55.0 Å². The fourth-order valence-corrected chi connectivity index (χ4v) is 9.11. The molecular weight excluding hydrogens is 943 g/mol. The molecule has 12 rings (SSSR count). The molecule has 0 bridgehead atoms. The van der Waals surface area contributed by atoms with Crippen molar-refractivity contribution in [1.29, 1.82) is 0 Å². The van der Waals surface area contributed by atoms with Gasteiger partial charge in [0, 0.05) is 112 Å². The van der Waals surface area contributed by atoms with E-state index >= 15 is 8.78 Å². The predicted octanol–water partition coefficient (Wildman–Crippen LogP) is 9.82. The summed E-state index contributed by atoms with van der Waals surface area (Å²) < 4.78 is 42.8. The SMILES string of the molecule is CN(C)CCOc1cc(F)cc(-c2nccc3[nH]c(-c4nn(N(C)CCOc5cc(F)cc(-c6nccc7[nH]c(-c8n[nH]c9cnc(-c%10ccncc%10)cc89)cc67)c5)c5cnc(-c6cncc(O)c6)cc45)cc23)c1. The Balaban J connectivity index is 0.830. The molecule has 10 aromatic heterocycles. The van der Waals surface area contributed by atoms with Gasteiger partial charge in [-0.25, -0.2) is 8.78 Å². The quantitative estimate of drug-likeness (QED) is 0.0757. The van der Waals surface area contributed by atoms with Crippen molar-refractivity contribution in [3.63, 3.8) is 0 Å².